The van der Waals surface area contributed by atoms with Crippen molar-refractivity contribution in [1.29, 1.82) is 0 Å². The number of benzene rings is 1. The topological polar surface area (TPSA) is 101 Å². The van der Waals surface area contributed by atoms with Crippen molar-refractivity contribution >= 4 is 11.7 Å². The number of hydrogen-bond acceptors (Lipinski definition) is 4. The third-order valence-corrected chi connectivity index (χ3v) is 8.55. The average molecular weight is 383 g/mol. The molecular formula is C23H29NO4. The molecule has 1 amide bonds. The highest BCUT2D eigenvalue weighted by molar-refractivity contribution is 5.96. The Balaban J connectivity index is 1.66. The Hall–Kier alpha value is -1.88. The average Bonchev–Trinajstić information content (AvgIpc) is 2.59. The molecule has 2 bridgehead atoms. The van der Waals surface area contributed by atoms with E-state index in [2.05, 4.69) is 0 Å². The first kappa shape index (κ1) is 18.2. The molecule has 4 N–H and O–H groups in total. The molecule has 1 aromatic rings. The molecule has 0 radical (unpaired) electrons. The lowest BCUT2D eigenvalue weighted by molar-refractivity contribution is -0.174. The van der Waals surface area contributed by atoms with Gasteiger partial charge >= 0.3 is 0 Å². The number of aliphatic hydroxyl groups is 1. The maximum Gasteiger partial charge on any atom is 0.252 e. The van der Waals surface area contributed by atoms with Gasteiger partial charge in [0.25, 0.3) is 5.91 Å². The minimum Gasteiger partial charge on any atom is -0.507 e. The van der Waals surface area contributed by atoms with Gasteiger partial charge in [-0.25, -0.2) is 0 Å². The molecule has 4 atom stereocenters. The summed E-state index contributed by atoms with van der Waals surface area (Å²) in [7, 11) is 0. The zero-order valence-corrected chi connectivity index (χ0v) is 16.2. The fourth-order valence-electron chi connectivity index (χ4n) is 6.99. The Labute approximate surface area is 165 Å². The van der Waals surface area contributed by atoms with Gasteiger partial charge in [-0.05, 0) is 61.5 Å². The second kappa shape index (κ2) is 6.06. The number of nitrogens with two attached hydrogens (primary N) is 1. The normalized spacial score (nSPS) is 37.0. The van der Waals surface area contributed by atoms with Crippen LogP contribution in [0.1, 0.15) is 79.3 Å². The van der Waals surface area contributed by atoms with Crippen LogP contribution < -0.4 is 5.73 Å². The highest BCUT2D eigenvalue weighted by atomic mass is 16.3. The van der Waals surface area contributed by atoms with Gasteiger partial charge in [0.15, 0.2) is 0 Å². The molecule has 28 heavy (non-hydrogen) atoms. The number of carbonyl (C=O) groups is 2. The lowest BCUT2D eigenvalue weighted by atomic mass is 9.43. The summed E-state index contributed by atoms with van der Waals surface area (Å²) >= 11 is 0. The minimum atomic E-state index is -0.992. The van der Waals surface area contributed by atoms with Gasteiger partial charge in [0, 0.05) is 23.8 Å². The van der Waals surface area contributed by atoms with Crippen molar-refractivity contribution in [2.75, 3.05) is 0 Å². The molecule has 0 aromatic heterocycles. The number of Topliss-reactive ketones (excluding diaryl/α,β-unsaturated/α-hetero) is 1. The van der Waals surface area contributed by atoms with E-state index in [1.807, 2.05) is 6.07 Å². The summed E-state index contributed by atoms with van der Waals surface area (Å²) in [6, 6.07) is 3.48. The van der Waals surface area contributed by atoms with Gasteiger partial charge in [-0.15, -0.1) is 0 Å². The SMILES string of the molecule is NC(=O)c1ccc2c(c1O)[C@]13CCC(CC4CCC4)[C@H](C2)[C@]1(O)CCC(=O)C3. The summed E-state index contributed by atoms with van der Waals surface area (Å²) in [6.07, 6.45) is 8.53. The van der Waals surface area contributed by atoms with Crippen LogP contribution in [0.15, 0.2) is 12.1 Å². The van der Waals surface area contributed by atoms with E-state index in [1.165, 1.54) is 19.3 Å². The lowest BCUT2D eigenvalue weighted by Gasteiger charge is -2.63. The van der Waals surface area contributed by atoms with Gasteiger partial charge in [0.2, 0.25) is 0 Å². The Bertz CT molecular complexity index is 860. The molecular weight excluding hydrogens is 354 g/mol. The Morgan fingerprint density at radius 3 is 2.68 bits per heavy atom. The molecule has 150 valence electrons. The van der Waals surface area contributed by atoms with Crippen molar-refractivity contribution in [2.24, 2.45) is 23.5 Å². The molecule has 1 unspecified atom stereocenters. The van der Waals surface area contributed by atoms with Gasteiger partial charge in [0.05, 0.1) is 11.2 Å². The van der Waals surface area contributed by atoms with Crippen LogP contribution in [0.25, 0.3) is 0 Å². The first-order chi connectivity index (χ1) is 13.4. The smallest absolute Gasteiger partial charge is 0.252 e. The fourth-order valence-corrected chi connectivity index (χ4v) is 6.99. The number of fused-ring (bicyclic) bond motifs is 1. The van der Waals surface area contributed by atoms with Crippen molar-refractivity contribution in [2.45, 2.75) is 75.2 Å². The quantitative estimate of drug-likeness (QED) is 0.747. The van der Waals surface area contributed by atoms with Crippen molar-refractivity contribution in [3.8, 4) is 5.75 Å². The van der Waals surface area contributed by atoms with Gasteiger partial charge in [-0.1, -0.05) is 25.3 Å². The lowest BCUT2D eigenvalue weighted by Crippen LogP contribution is -2.67. The van der Waals surface area contributed by atoms with Crippen molar-refractivity contribution in [1.82, 2.24) is 0 Å². The third-order valence-electron chi connectivity index (χ3n) is 8.55. The predicted octanol–water partition coefficient (Wildman–Crippen LogP) is 2.99. The standard InChI is InChI=1S/C23H29NO4/c24-21(27)17-5-4-15-11-18-14(10-13-2-1-3-13)6-8-22(19(15)20(17)26)12-16(25)7-9-23(18,22)28/h4-5,13-14,18,26,28H,1-3,6-12H2,(H2,24,27)/t14?,18-,22+,23+/m0/s1. The number of phenols is 1. The highest BCUT2D eigenvalue weighted by Crippen LogP contribution is 2.64. The van der Waals surface area contributed by atoms with E-state index in [-0.39, 0.29) is 29.4 Å². The second-order valence-corrected chi connectivity index (χ2v) is 9.72. The Morgan fingerprint density at radius 2 is 2.00 bits per heavy atom. The van der Waals surface area contributed by atoms with E-state index in [9.17, 15) is 19.8 Å². The van der Waals surface area contributed by atoms with E-state index >= 15 is 0 Å². The van der Waals surface area contributed by atoms with Gasteiger partial charge in [-0.2, -0.15) is 0 Å². The van der Waals surface area contributed by atoms with Crippen molar-refractivity contribution in [3.05, 3.63) is 28.8 Å². The number of hydrogen-bond donors (Lipinski definition) is 3. The first-order valence-electron chi connectivity index (χ1n) is 10.7. The van der Waals surface area contributed by atoms with Crippen LogP contribution in [0.2, 0.25) is 0 Å². The van der Waals surface area contributed by atoms with E-state index < -0.39 is 16.9 Å². The minimum absolute atomic E-state index is 0.0866. The van der Waals surface area contributed by atoms with Crippen LogP contribution in [0, 0.1) is 17.8 Å². The number of aromatic hydroxyl groups is 1. The number of rotatable bonds is 3. The van der Waals surface area contributed by atoms with Crippen LogP contribution in [0.5, 0.6) is 5.75 Å². The highest BCUT2D eigenvalue weighted by Gasteiger charge is 2.65. The van der Waals surface area contributed by atoms with Crippen molar-refractivity contribution in [3.63, 3.8) is 0 Å². The van der Waals surface area contributed by atoms with Gasteiger partial charge in [0.1, 0.15) is 11.5 Å². The van der Waals surface area contributed by atoms with Crippen LogP contribution >= 0.6 is 0 Å². The monoisotopic (exact) mass is 383 g/mol. The fraction of sp³-hybridized carbons (Fsp3) is 0.652. The van der Waals surface area contributed by atoms with Gasteiger partial charge in [-0.3, -0.25) is 9.59 Å². The third kappa shape index (κ3) is 2.28. The molecule has 5 heteroatoms. The van der Waals surface area contributed by atoms with Crippen LogP contribution in [-0.2, 0) is 16.6 Å². The summed E-state index contributed by atoms with van der Waals surface area (Å²) in [5, 5.41) is 23.1. The van der Waals surface area contributed by atoms with E-state index in [4.69, 9.17) is 5.73 Å². The summed E-state index contributed by atoms with van der Waals surface area (Å²) < 4.78 is 0. The van der Waals surface area contributed by atoms with E-state index in [1.54, 1.807) is 6.07 Å². The largest absolute Gasteiger partial charge is 0.507 e. The number of ketones is 1. The molecule has 4 aliphatic rings. The predicted molar refractivity (Wildman–Crippen MR) is 104 cm³/mol. The number of primary amides is 1. The van der Waals surface area contributed by atoms with Gasteiger partial charge < -0.3 is 15.9 Å². The molecule has 1 aromatic carbocycles. The Kier molecular flexibility index (Phi) is 3.93. The second-order valence-electron chi connectivity index (χ2n) is 9.72. The van der Waals surface area contributed by atoms with Crippen molar-refractivity contribution < 1.29 is 19.8 Å². The summed E-state index contributed by atoms with van der Waals surface area (Å²) in [6.45, 7) is 0. The maximum atomic E-state index is 12.5. The van der Waals surface area contributed by atoms with Crippen LogP contribution in [-0.4, -0.2) is 27.5 Å². The molecule has 5 rings (SSSR count). The molecule has 5 nitrogen and oxygen atoms in total. The summed E-state index contributed by atoms with van der Waals surface area (Å²) in [5.41, 5.74) is 5.38. The summed E-state index contributed by atoms with van der Waals surface area (Å²) in [4.78, 5) is 24.4. The molecule has 4 aliphatic carbocycles. The molecule has 3 saturated carbocycles. The summed E-state index contributed by atoms with van der Waals surface area (Å²) in [5.74, 6) is 0.692. The molecule has 0 heterocycles. The molecule has 0 spiro atoms. The molecule has 3 fully saturated rings. The van der Waals surface area contributed by atoms with E-state index in [0.29, 0.717) is 37.2 Å². The molecule has 0 saturated heterocycles. The number of carbonyl (C=O) groups excluding carboxylic acids is 2. The van der Waals surface area contributed by atoms with Crippen LogP contribution in [0.3, 0.4) is 0 Å². The first-order valence-corrected chi connectivity index (χ1v) is 10.7. The van der Waals surface area contributed by atoms with E-state index in [0.717, 1.165) is 24.3 Å². The molecule has 0 aliphatic heterocycles. The zero-order chi connectivity index (χ0) is 19.7. The zero-order valence-electron chi connectivity index (χ0n) is 16.2. The number of amides is 1. The maximum absolute atomic E-state index is 12.5. The van der Waals surface area contributed by atoms with Crippen LogP contribution in [0.4, 0.5) is 0 Å². The Morgan fingerprint density at radius 1 is 1.21 bits per heavy atom.